The van der Waals surface area contributed by atoms with E-state index >= 15 is 0 Å². The molecule has 0 aromatic heterocycles. The van der Waals surface area contributed by atoms with Crippen molar-refractivity contribution in [2.75, 3.05) is 5.32 Å². The van der Waals surface area contributed by atoms with Crippen LogP contribution in [0.4, 0.5) is 5.69 Å². The van der Waals surface area contributed by atoms with E-state index in [0.717, 1.165) is 22.0 Å². The number of nitrogens with two attached hydrogens (primary N) is 1. The molecule has 0 radical (unpaired) electrons. The molecule has 3 heteroatoms. The first kappa shape index (κ1) is 12.8. The van der Waals surface area contributed by atoms with Crippen LogP contribution in [0.2, 0.25) is 5.02 Å². The lowest BCUT2D eigenvalue weighted by atomic mass is 9.80. The van der Waals surface area contributed by atoms with Gasteiger partial charge in [-0.25, -0.2) is 0 Å². The van der Waals surface area contributed by atoms with Crippen molar-refractivity contribution in [3.05, 3.63) is 65.0 Å². The molecule has 0 unspecified atom stereocenters. The van der Waals surface area contributed by atoms with Crippen LogP contribution in [0.1, 0.15) is 19.4 Å². The van der Waals surface area contributed by atoms with Crippen LogP contribution in [-0.4, -0.2) is 0 Å². The Balaban J connectivity index is 2.54. The second-order valence-electron chi connectivity index (χ2n) is 4.92. The first-order valence-electron chi connectivity index (χ1n) is 5.83. The Morgan fingerprint density at radius 1 is 1.44 bits per heavy atom. The van der Waals surface area contributed by atoms with Crippen molar-refractivity contribution in [2.24, 2.45) is 5.73 Å². The predicted molar refractivity (Wildman–Crippen MR) is 78.7 cm³/mol. The SMILES string of the molecule is C=C/C=C(/N)C1=CC(C)(C)c2c(Cl)cccc2N1. The van der Waals surface area contributed by atoms with Gasteiger partial charge < -0.3 is 11.1 Å². The molecule has 0 saturated heterocycles. The summed E-state index contributed by atoms with van der Waals surface area (Å²) in [5.74, 6) is 0. The summed E-state index contributed by atoms with van der Waals surface area (Å²) >= 11 is 6.28. The summed E-state index contributed by atoms with van der Waals surface area (Å²) in [7, 11) is 0. The molecule has 18 heavy (non-hydrogen) atoms. The smallest absolute Gasteiger partial charge is 0.0586 e. The number of hydrogen-bond acceptors (Lipinski definition) is 2. The maximum absolute atomic E-state index is 6.28. The minimum atomic E-state index is -0.159. The summed E-state index contributed by atoms with van der Waals surface area (Å²) in [4.78, 5) is 0. The number of fused-ring (bicyclic) bond motifs is 1. The number of allylic oxidation sites excluding steroid dienone is 3. The lowest BCUT2D eigenvalue weighted by Gasteiger charge is -2.32. The summed E-state index contributed by atoms with van der Waals surface area (Å²) in [6.45, 7) is 7.91. The maximum Gasteiger partial charge on any atom is 0.0586 e. The molecule has 2 rings (SSSR count). The molecule has 0 fully saturated rings. The van der Waals surface area contributed by atoms with Crippen LogP contribution in [0, 0.1) is 0 Å². The monoisotopic (exact) mass is 260 g/mol. The molecular formula is C15H17ClN2. The number of nitrogens with one attached hydrogen (secondary N) is 1. The lowest BCUT2D eigenvalue weighted by molar-refractivity contribution is 0.659. The van der Waals surface area contributed by atoms with Crippen LogP contribution in [0.25, 0.3) is 0 Å². The minimum absolute atomic E-state index is 0.159. The van der Waals surface area contributed by atoms with Crippen molar-refractivity contribution >= 4 is 17.3 Å². The van der Waals surface area contributed by atoms with Gasteiger partial charge in [0.05, 0.1) is 11.4 Å². The topological polar surface area (TPSA) is 38.0 Å². The van der Waals surface area contributed by atoms with Gasteiger partial charge in [-0.2, -0.15) is 0 Å². The summed E-state index contributed by atoms with van der Waals surface area (Å²) in [5.41, 5.74) is 9.51. The Labute approximate surface area is 113 Å². The Hall–Kier alpha value is -1.67. The van der Waals surface area contributed by atoms with Gasteiger partial charge in [-0.05, 0) is 24.3 Å². The van der Waals surface area contributed by atoms with Crippen molar-refractivity contribution in [1.82, 2.24) is 0 Å². The highest BCUT2D eigenvalue weighted by molar-refractivity contribution is 6.32. The Morgan fingerprint density at radius 3 is 2.83 bits per heavy atom. The summed E-state index contributed by atoms with van der Waals surface area (Å²) in [5, 5.41) is 4.08. The molecular weight excluding hydrogens is 244 g/mol. The number of anilines is 1. The molecule has 0 atom stereocenters. The second-order valence-corrected chi connectivity index (χ2v) is 5.33. The third-order valence-electron chi connectivity index (χ3n) is 3.04. The molecule has 94 valence electrons. The lowest BCUT2D eigenvalue weighted by Crippen LogP contribution is -2.26. The molecule has 0 bridgehead atoms. The predicted octanol–water partition coefficient (Wildman–Crippen LogP) is 3.96. The largest absolute Gasteiger partial charge is 0.397 e. The normalized spacial score (nSPS) is 17.5. The molecule has 1 aromatic rings. The number of hydrogen-bond donors (Lipinski definition) is 2. The van der Waals surface area contributed by atoms with Gasteiger partial charge in [0.1, 0.15) is 0 Å². The molecule has 1 aliphatic rings. The molecule has 1 aromatic carbocycles. The highest BCUT2D eigenvalue weighted by Crippen LogP contribution is 2.41. The van der Waals surface area contributed by atoms with E-state index in [0.29, 0.717) is 5.70 Å². The first-order valence-corrected chi connectivity index (χ1v) is 6.21. The van der Waals surface area contributed by atoms with E-state index in [1.807, 2.05) is 18.2 Å². The average molecular weight is 261 g/mol. The van der Waals surface area contributed by atoms with Crippen molar-refractivity contribution < 1.29 is 0 Å². The molecule has 0 amide bonds. The molecule has 0 aliphatic carbocycles. The fraction of sp³-hybridized carbons (Fsp3) is 0.200. The van der Waals surface area contributed by atoms with E-state index < -0.39 is 0 Å². The van der Waals surface area contributed by atoms with E-state index in [-0.39, 0.29) is 5.41 Å². The van der Waals surface area contributed by atoms with Crippen molar-refractivity contribution in [1.29, 1.82) is 0 Å². The molecule has 0 spiro atoms. The van der Waals surface area contributed by atoms with E-state index in [2.05, 4.69) is 31.8 Å². The fourth-order valence-electron chi connectivity index (χ4n) is 2.27. The third kappa shape index (κ3) is 2.16. The number of halogens is 1. The number of benzene rings is 1. The molecule has 3 N–H and O–H groups in total. The third-order valence-corrected chi connectivity index (χ3v) is 3.36. The second kappa shape index (κ2) is 4.54. The summed E-state index contributed by atoms with van der Waals surface area (Å²) < 4.78 is 0. The quantitative estimate of drug-likeness (QED) is 0.790. The zero-order chi connectivity index (χ0) is 13.3. The minimum Gasteiger partial charge on any atom is -0.397 e. The number of rotatable bonds is 2. The Kier molecular flexibility index (Phi) is 3.22. The van der Waals surface area contributed by atoms with Crippen LogP contribution in [0.5, 0.6) is 0 Å². The van der Waals surface area contributed by atoms with E-state index in [4.69, 9.17) is 17.3 Å². The van der Waals surface area contributed by atoms with Crippen LogP contribution in [0.3, 0.4) is 0 Å². The molecule has 2 nitrogen and oxygen atoms in total. The zero-order valence-electron chi connectivity index (χ0n) is 10.6. The molecule has 1 heterocycles. The molecule has 1 aliphatic heterocycles. The van der Waals surface area contributed by atoms with Crippen molar-refractivity contribution in [3.8, 4) is 0 Å². The highest BCUT2D eigenvalue weighted by atomic mass is 35.5. The van der Waals surface area contributed by atoms with E-state index in [1.54, 1.807) is 12.2 Å². The summed E-state index contributed by atoms with van der Waals surface area (Å²) in [6.07, 6.45) is 5.55. The van der Waals surface area contributed by atoms with Gasteiger partial charge >= 0.3 is 0 Å². The standard InChI is InChI=1S/C15H17ClN2/c1-4-6-11(17)13-9-15(2,3)14-10(16)7-5-8-12(14)18-13/h4-9,18H,1,17H2,2-3H3/b11-6+. The summed E-state index contributed by atoms with van der Waals surface area (Å²) in [6, 6.07) is 5.85. The van der Waals surface area contributed by atoms with Crippen LogP contribution >= 0.6 is 11.6 Å². The van der Waals surface area contributed by atoms with Gasteiger partial charge in [-0.1, -0.05) is 44.2 Å². The van der Waals surface area contributed by atoms with E-state index in [1.165, 1.54) is 0 Å². The molecule has 0 saturated carbocycles. The Bertz CT molecular complexity index is 554. The average Bonchev–Trinajstić information content (AvgIpc) is 2.27. The van der Waals surface area contributed by atoms with Gasteiger partial charge in [-0.15, -0.1) is 0 Å². The van der Waals surface area contributed by atoms with Gasteiger partial charge in [0.25, 0.3) is 0 Å². The first-order chi connectivity index (χ1) is 8.45. The van der Waals surface area contributed by atoms with Crippen molar-refractivity contribution in [3.63, 3.8) is 0 Å². The van der Waals surface area contributed by atoms with E-state index in [9.17, 15) is 0 Å². The van der Waals surface area contributed by atoms with Crippen LogP contribution in [-0.2, 0) is 5.41 Å². The Morgan fingerprint density at radius 2 is 2.17 bits per heavy atom. The van der Waals surface area contributed by atoms with Gasteiger partial charge in [0.2, 0.25) is 0 Å². The fourth-order valence-corrected chi connectivity index (χ4v) is 2.69. The van der Waals surface area contributed by atoms with Gasteiger partial charge in [-0.3, -0.25) is 0 Å². The maximum atomic E-state index is 6.28. The highest BCUT2D eigenvalue weighted by Gasteiger charge is 2.29. The van der Waals surface area contributed by atoms with Gasteiger partial charge in [0.15, 0.2) is 0 Å². The van der Waals surface area contributed by atoms with Crippen LogP contribution < -0.4 is 11.1 Å². The van der Waals surface area contributed by atoms with Crippen LogP contribution in [0.15, 0.2) is 54.4 Å². The zero-order valence-corrected chi connectivity index (χ0v) is 11.4. The van der Waals surface area contributed by atoms with Gasteiger partial charge in [0, 0.05) is 21.7 Å². The van der Waals surface area contributed by atoms with Crippen molar-refractivity contribution in [2.45, 2.75) is 19.3 Å².